The number of aromatic hydroxyl groups is 1. The van der Waals surface area contributed by atoms with E-state index in [4.69, 9.17) is 0 Å². The summed E-state index contributed by atoms with van der Waals surface area (Å²) in [6, 6.07) is 14.2. The zero-order valence-electron chi connectivity index (χ0n) is 17.4. The van der Waals surface area contributed by atoms with Crippen LogP contribution in [0.5, 0.6) is 5.75 Å². The van der Waals surface area contributed by atoms with Gasteiger partial charge in [-0.05, 0) is 30.7 Å². The average molecular weight is 537 g/mol. The molecule has 5 N–H and O–H groups in total. The Bertz CT molecular complexity index is 935. The molecule has 31 heavy (non-hydrogen) atoms. The molecule has 0 spiro atoms. The maximum atomic E-state index is 12.1. The minimum atomic E-state index is -0.332. The fourth-order valence-corrected chi connectivity index (χ4v) is 3.33. The lowest BCUT2D eigenvalue weighted by Gasteiger charge is -2.24. The number of anilines is 1. The number of fused-ring (bicyclic) bond motifs is 1. The summed E-state index contributed by atoms with van der Waals surface area (Å²) in [5, 5.41) is 21.8. The van der Waals surface area contributed by atoms with Crippen molar-refractivity contribution in [2.45, 2.75) is 19.3 Å². The molecule has 1 unspecified atom stereocenters. The highest BCUT2D eigenvalue weighted by Gasteiger charge is 2.24. The van der Waals surface area contributed by atoms with Crippen LogP contribution in [0.15, 0.2) is 53.5 Å². The standard InChI is InChI=1S/C22H27N5O3.HI/c1-2-23-22(25-12-11-24-21(30)17-8-4-6-10-19(17)28)26-14-15-13-20(29)27-18-9-5-3-7-16(15)18;/h3-10,15,28H,2,11-14H2,1H3,(H,24,30)(H,27,29)(H2,23,25,26);1H. The van der Waals surface area contributed by atoms with E-state index >= 15 is 0 Å². The van der Waals surface area contributed by atoms with Gasteiger partial charge in [-0.2, -0.15) is 0 Å². The van der Waals surface area contributed by atoms with Gasteiger partial charge in [0.1, 0.15) is 5.75 Å². The van der Waals surface area contributed by atoms with Crippen LogP contribution in [-0.2, 0) is 4.79 Å². The molecule has 1 aliphatic heterocycles. The van der Waals surface area contributed by atoms with Crippen LogP contribution in [-0.4, -0.2) is 49.1 Å². The summed E-state index contributed by atoms with van der Waals surface area (Å²) >= 11 is 0. The lowest BCUT2D eigenvalue weighted by Crippen LogP contribution is -2.41. The number of phenolic OH excluding ortho intramolecular Hbond substituents is 1. The third kappa shape index (κ3) is 6.84. The Kier molecular flexibility index (Phi) is 9.57. The summed E-state index contributed by atoms with van der Waals surface area (Å²) in [5.41, 5.74) is 2.18. The van der Waals surface area contributed by atoms with Gasteiger partial charge in [0.15, 0.2) is 5.96 Å². The van der Waals surface area contributed by atoms with Gasteiger partial charge in [0.25, 0.3) is 5.91 Å². The highest BCUT2D eigenvalue weighted by molar-refractivity contribution is 14.0. The molecule has 1 aliphatic rings. The van der Waals surface area contributed by atoms with Crippen molar-refractivity contribution in [2.24, 2.45) is 4.99 Å². The SMILES string of the molecule is CCNC(=NCC1CC(=O)Nc2ccccc21)NCCNC(=O)c1ccccc1O.I. The number of nitrogens with zero attached hydrogens (tertiary/aromatic N) is 1. The Morgan fingerprint density at radius 3 is 2.58 bits per heavy atom. The van der Waals surface area contributed by atoms with Crippen molar-refractivity contribution >= 4 is 47.4 Å². The molecule has 2 aromatic carbocycles. The van der Waals surface area contributed by atoms with Gasteiger partial charge < -0.3 is 26.4 Å². The Morgan fingerprint density at radius 1 is 1.10 bits per heavy atom. The summed E-state index contributed by atoms with van der Waals surface area (Å²) in [5.74, 6) is 0.263. The Hall–Kier alpha value is -2.82. The number of hydrogen-bond acceptors (Lipinski definition) is 4. The van der Waals surface area contributed by atoms with Crippen LogP contribution in [0.25, 0.3) is 0 Å². The second-order valence-electron chi connectivity index (χ2n) is 6.96. The average Bonchev–Trinajstić information content (AvgIpc) is 2.74. The second-order valence-corrected chi connectivity index (χ2v) is 6.96. The van der Waals surface area contributed by atoms with E-state index in [0.29, 0.717) is 38.6 Å². The van der Waals surface area contributed by atoms with E-state index < -0.39 is 0 Å². The quantitative estimate of drug-likeness (QED) is 0.161. The predicted molar refractivity (Wildman–Crippen MR) is 132 cm³/mol. The first-order chi connectivity index (χ1) is 14.6. The molecular weight excluding hydrogens is 509 g/mol. The minimum absolute atomic E-state index is 0. The van der Waals surface area contributed by atoms with Crippen LogP contribution in [0.4, 0.5) is 5.69 Å². The van der Waals surface area contributed by atoms with Gasteiger partial charge in [-0.3, -0.25) is 14.6 Å². The first kappa shape index (κ1) is 24.4. The van der Waals surface area contributed by atoms with Gasteiger partial charge in [-0.25, -0.2) is 0 Å². The molecule has 0 fully saturated rings. The van der Waals surface area contributed by atoms with Gasteiger partial charge in [-0.1, -0.05) is 30.3 Å². The Morgan fingerprint density at radius 2 is 1.81 bits per heavy atom. The molecule has 0 bridgehead atoms. The molecule has 9 heteroatoms. The van der Waals surface area contributed by atoms with Gasteiger partial charge >= 0.3 is 0 Å². The van der Waals surface area contributed by atoms with Crippen LogP contribution in [0.1, 0.15) is 35.2 Å². The summed E-state index contributed by atoms with van der Waals surface area (Å²) in [4.78, 5) is 28.7. The maximum Gasteiger partial charge on any atom is 0.255 e. The number of carbonyl (C=O) groups excluding carboxylic acids is 2. The van der Waals surface area contributed by atoms with Crippen LogP contribution in [0, 0.1) is 0 Å². The number of rotatable bonds is 7. The van der Waals surface area contributed by atoms with E-state index in [-0.39, 0.29) is 53.0 Å². The molecule has 2 aromatic rings. The molecule has 166 valence electrons. The van der Waals surface area contributed by atoms with Gasteiger partial charge in [0, 0.05) is 37.7 Å². The fourth-order valence-electron chi connectivity index (χ4n) is 3.33. The van der Waals surface area contributed by atoms with Gasteiger partial charge in [0.05, 0.1) is 12.1 Å². The van der Waals surface area contributed by atoms with E-state index in [2.05, 4.69) is 26.3 Å². The van der Waals surface area contributed by atoms with Crippen LogP contribution < -0.4 is 21.3 Å². The lowest BCUT2D eigenvalue weighted by molar-refractivity contribution is -0.116. The molecule has 3 rings (SSSR count). The van der Waals surface area contributed by atoms with Crippen molar-refractivity contribution in [3.8, 4) is 5.75 Å². The van der Waals surface area contributed by atoms with Crippen molar-refractivity contribution in [3.63, 3.8) is 0 Å². The zero-order valence-corrected chi connectivity index (χ0v) is 19.7. The molecule has 2 amide bonds. The third-order valence-electron chi connectivity index (χ3n) is 4.77. The largest absolute Gasteiger partial charge is 0.507 e. The molecular formula is C22H28IN5O3. The molecule has 0 saturated heterocycles. The summed E-state index contributed by atoms with van der Waals surface area (Å²) < 4.78 is 0. The van der Waals surface area contributed by atoms with Crippen molar-refractivity contribution in [1.82, 2.24) is 16.0 Å². The van der Waals surface area contributed by atoms with E-state index in [1.54, 1.807) is 18.2 Å². The summed E-state index contributed by atoms with van der Waals surface area (Å²) in [6.45, 7) is 3.97. The number of amides is 2. The predicted octanol–water partition coefficient (Wildman–Crippen LogP) is 2.42. The molecule has 1 heterocycles. The van der Waals surface area contributed by atoms with Crippen molar-refractivity contribution < 1.29 is 14.7 Å². The van der Waals surface area contributed by atoms with E-state index in [1.165, 1.54) is 6.07 Å². The molecule has 0 radical (unpaired) electrons. The zero-order chi connectivity index (χ0) is 21.3. The maximum absolute atomic E-state index is 12.1. The number of guanidine groups is 1. The number of halogens is 1. The molecule has 1 atom stereocenters. The molecule has 8 nitrogen and oxygen atoms in total. The molecule has 0 aliphatic carbocycles. The first-order valence-corrected chi connectivity index (χ1v) is 10.1. The number of aliphatic imine (C=N–C) groups is 1. The Labute approximate surface area is 198 Å². The van der Waals surface area contributed by atoms with Crippen LogP contribution >= 0.6 is 24.0 Å². The van der Waals surface area contributed by atoms with Crippen LogP contribution in [0.2, 0.25) is 0 Å². The van der Waals surface area contributed by atoms with Gasteiger partial charge in [-0.15, -0.1) is 24.0 Å². The van der Waals surface area contributed by atoms with E-state index in [1.807, 2.05) is 31.2 Å². The number of para-hydroxylation sites is 2. The minimum Gasteiger partial charge on any atom is -0.507 e. The highest BCUT2D eigenvalue weighted by atomic mass is 127. The smallest absolute Gasteiger partial charge is 0.255 e. The number of hydrogen-bond donors (Lipinski definition) is 5. The topological polar surface area (TPSA) is 115 Å². The molecule has 0 aromatic heterocycles. The van der Waals surface area contributed by atoms with E-state index in [0.717, 1.165) is 11.3 Å². The van der Waals surface area contributed by atoms with Crippen LogP contribution in [0.3, 0.4) is 0 Å². The molecule has 0 saturated carbocycles. The fraction of sp³-hybridized carbons (Fsp3) is 0.318. The lowest BCUT2D eigenvalue weighted by atomic mass is 9.91. The van der Waals surface area contributed by atoms with Gasteiger partial charge in [0.2, 0.25) is 5.91 Å². The summed E-state index contributed by atoms with van der Waals surface area (Å²) in [6.07, 6.45) is 0.399. The normalized spacial score (nSPS) is 15.2. The number of carbonyl (C=O) groups is 2. The van der Waals surface area contributed by atoms with Crippen molar-refractivity contribution in [2.75, 3.05) is 31.5 Å². The van der Waals surface area contributed by atoms with Crippen molar-refractivity contribution in [1.29, 1.82) is 0 Å². The highest BCUT2D eigenvalue weighted by Crippen LogP contribution is 2.31. The van der Waals surface area contributed by atoms with E-state index in [9.17, 15) is 14.7 Å². The second kappa shape index (κ2) is 12.1. The Balaban J connectivity index is 0.00000341. The third-order valence-corrected chi connectivity index (χ3v) is 4.77. The monoisotopic (exact) mass is 537 g/mol. The summed E-state index contributed by atoms with van der Waals surface area (Å²) in [7, 11) is 0. The van der Waals surface area contributed by atoms with Crippen molar-refractivity contribution in [3.05, 3.63) is 59.7 Å². The number of phenols is 1. The first-order valence-electron chi connectivity index (χ1n) is 10.1. The number of benzene rings is 2. The number of nitrogens with one attached hydrogen (secondary N) is 4.